The van der Waals surface area contributed by atoms with E-state index in [1.165, 1.54) is 15.5 Å². The fraction of sp³-hybridized carbons (Fsp3) is 0.0741. The van der Waals surface area contributed by atoms with E-state index >= 15 is 0 Å². The van der Waals surface area contributed by atoms with Crippen molar-refractivity contribution < 1.29 is 9.59 Å². The fourth-order valence-corrected chi connectivity index (χ4v) is 4.34. The quantitative estimate of drug-likeness (QED) is 0.368. The van der Waals surface area contributed by atoms with Gasteiger partial charge in [-0.2, -0.15) is 0 Å². The number of nitrogens with one attached hydrogen (secondary N) is 1. The summed E-state index contributed by atoms with van der Waals surface area (Å²) in [5.41, 5.74) is 2.34. The van der Waals surface area contributed by atoms with Crippen LogP contribution in [0.3, 0.4) is 0 Å². The molecule has 3 aromatic carbocycles. The van der Waals surface area contributed by atoms with Crippen LogP contribution >= 0.6 is 15.9 Å². The van der Waals surface area contributed by atoms with Gasteiger partial charge in [0.25, 0.3) is 17.4 Å². The molecule has 2 heterocycles. The number of anilines is 1. The first-order valence-electron chi connectivity index (χ1n) is 10.8. The zero-order valence-corrected chi connectivity index (χ0v) is 19.7. The molecule has 0 bridgehead atoms. The van der Waals surface area contributed by atoms with E-state index in [-0.39, 0.29) is 23.2 Å². The molecule has 4 aromatic rings. The third kappa shape index (κ3) is 4.06. The molecule has 1 aromatic heterocycles. The lowest BCUT2D eigenvalue weighted by molar-refractivity contribution is 0.0642. The lowest BCUT2D eigenvalue weighted by Crippen LogP contribution is -2.29. The Hall–Kier alpha value is -3.97. The molecule has 6 nitrogen and oxygen atoms in total. The molecule has 0 aliphatic carbocycles. The second-order valence-corrected chi connectivity index (χ2v) is 8.87. The molecule has 2 amide bonds. The van der Waals surface area contributed by atoms with E-state index in [4.69, 9.17) is 0 Å². The number of nitrogens with zero attached hydrogens (tertiary/aromatic N) is 2. The van der Waals surface area contributed by atoms with Crippen LogP contribution in [0.1, 0.15) is 31.8 Å². The first kappa shape index (κ1) is 21.9. The van der Waals surface area contributed by atoms with Crippen molar-refractivity contribution in [2.24, 2.45) is 0 Å². The van der Waals surface area contributed by atoms with Crippen molar-refractivity contribution in [1.29, 1.82) is 0 Å². The summed E-state index contributed by atoms with van der Waals surface area (Å²) in [6.07, 6.45) is 0. The van der Waals surface area contributed by atoms with Gasteiger partial charge in [0.15, 0.2) is 0 Å². The van der Waals surface area contributed by atoms with Crippen LogP contribution in [-0.2, 0) is 13.1 Å². The summed E-state index contributed by atoms with van der Waals surface area (Å²) < 4.78 is 2.32. The van der Waals surface area contributed by atoms with Crippen LogP contribution in [0, 0.1) is 0 Å². The molecule has 0 spiro atoms. The lowest BCUT2D eigenvalue weighted by Gasteiger charge is -2.18. The van der Waals surface area contributed by atoms with Crippen molar-refractivity contribution in [3.63, 3.8) is 0 Å². The van der Waals surface area contributed by atoms with Gasteiger partial charge in [-0.25, -0.2) is 0 Å². The van der Waals surface area contributed by atoms with Gasteiger partial charge in [-0.3, -0.25) is 23.9 Å². The number of fused-ring (bicyclic) bond motifs is 1. The number of benzene rings is 3. The van der Waals surface area contributed by atoms with Gasteiger partial charge >= 0.3 is 0 Å². The average Bonchev–Trinajstić information content (AvgIpc) is 3.09. The van der Waals surface area contributed by atoms with E-state index in [0.29, 0.717) is 18.1 Å². The molecule has 34 heavy (non-hydrogen) atoms. The number of rotatable bonds is 6. The smallest absolute Gasteiger partial charge is 0.265 e. The van der Waals surface area contributed by atoms with Crippen LogP contribution in [-0.4, -0.2) is 21.3 Å². The lowest BCUT2D eigenvalue weighted by atomic mass is 10.1. The maximum Gasteiger partial charge on any atom is 0.265 e. The van der Waals surface area contributed by atoms with Crippen LogP contribution in [0.15, 0.2) is 100 Å². The molecule has 0 atom stereocenters. The van der Waals surface area contributed by atoms with Gasteiger partial charge < -0.3 is 5.32 Å². The predicted molar refractivity (Wildman–Crippen MR) is 134 cm³/mol. The molecule has 1 aliphatic rings. The number of carbonyl (C=O) groups is 2. The molecule has 0 unspecified atom stereocenters. The fourth-order valence-electron chi connectivity index (χ4n) is 4.07. The van der Waals surface area contributed by atoms with Gasteiger partial charge in [-0.15, -0.1) is 0 Å². The third-order valence-corrected chi connectivity index (χ3v) is 6.25. The van der Waals surface area contributed by atoms with E-state index in [1.54, 1.807) is 12.1 Å². The van der Waals surface area contributed by atoms with E-state index in [9.17, 15) is 14.4 Å². The average molecular weight is 514 g/mol. The first-order valence-corrected chi connectivity index (χ1v) is 11.6. The van der Waals surface area contributed by atoms with Crippen LogP contribution in [0.5, 0.6) is 0 Å². The maximum absolute atomic E-state index is 13.5. The number of hydrogen-bond donors (Lipinski definition) is 1. The van der Waals surface area contributed by atoms with Crippen LogP contribution in [0.2, 0.25) is 0 Å². The Kier molecular flexibility index (Phi) is 5.86. The Labute approximate surface area is 204 Å². The Morgan fingerprint density at radius 3 is 2.00 bits per heavy atom. The first-order chi connectivity index (χ1) is 16.5. The van der Waals surface area contributed by atoms with Crippen LogP contribution in [0.25, 0.3) is 5.69 Å². The second-order valence-electron chi connectivity index (χ2n) is 7.95. The van der Waals surface area contributed by atoms with Crippen molar-refractivity contribution >= 4 is 33.6 Å². The molecule has 1 N–H and O–H groups in total. The number of amides is 2. The summed E-state index contributed by atoms with van der Waals surface area (Å²) in [6, 6.07) is 27.5. The molecule has 0 saturated heterocycles. The topological polar surface area (TPSA) is 71.4 Å². The van der Waals surface area contributed by atoms with Gasteiger partial charge in [-0.1, -0.05) is 76.6 Å². The monoisotopic (exact) mass is 513 g/mol. The minimum Gasteiger partial charge on any atom is -0.366 e. The van der Waals surface area contributed by atoms with E-state index < -0.39 is 11.8 Å². The van der Waals surface area contributed by atoms with Crippen LogP contribution < -0.4 is 10.9 Å². The molecule has 0 saturated carbocycles. The third-order valence-electron chi connectivity index (χ3n) is 5.72. The highest BCUT2D eigenvalue weighted by Crippen LogP contribution is 2.31. The summed E-state index contributed by atoms with van der Waals surface area (Å²) in [5, 5.41) is 3.27. The summed E-state index contributed by atoms with van der Waals surface area (Å²) in [5.74, 6) is -0.584. The minimum absolute atomic E-state index is 0.120. The SMILES string of the molecule is O=C1c2cc(=O)n(-c3ccc(Br)cc3)c(NCc3ccccc3)c2C(=O)N1Cc1ccccc1. The number of pyridine rings is 1. The second kappa shape index (κ2) is 9.11. The maximum atomic E-state index is 13.5. The Balaban J connectivity index is 1.62. The van der Waals surface area contributed by atoms with Gasteiger partial charge in [-0.05, 0) is 35.4 Å². The standard InChI is InChI=1S/C27H20BrN3O3/c28-20-11-13-21(14-12-20)31-23(32)15-22-24(25(31)29-16-18-7-3-1-4-8-18)27(34)30(26(22)33)17-19-9-5-2-6-10-19/h1-15,29H,16-17H2. The number of carbonyl (C=O) groups excluding carboxylic acids is 2. The van der Waals surface area contributed by atoms with E-state index in [1.807, 2.05) is 72.8 Å². The van der Waals surface area contributed by atoms with Gasteiger partial charge in [0.05, 0.1) is 23.4 Å². The van der Waals surface area contributed by atoms with E-state index in [2.05, 4.69) is 21.2 Å². The highest BCUT2D eigenvalue weighted by atomic mass is 79.9. The Bertz CT molecular complexity index is 1430. The van der Waals surface area contributed by atoms with Gasteiger partial charge in [0.1, 0.15) is 5.82 Å². The molecular weight excluding hydrogens is 494 g/mol. The summed E-state index contributed by atoms with van der Waals surface area (Å²) in [6.45, 7) is 0.519. The minimum atomic E-state index is -0.466. The van der Waals surface area contributed by atoms with Crippen molar-refractivity contribution in [2.45, 2.75) is 13.1 Å². The van der Waals surface area contributed by atoms with Crippen molar-refractivity contribution in [3.8, 4) is 5.69 Å². The number of halogens is 1. The molecular formula is C27H20BrN3O3. The molecule has 0 radical (unpaired) electrons. The Morgan fingerprint density at radius 2 is 1.35 bits per heavy atom. The highest BCUT2D eigenvalue weighted by Gasteiger charge is 2.39. The predicted octanol–water partition coefficient (Wildman–Crippen LogP) is 5.01. The summed E-state index contributed by atoms with van der Waals surface area (Å²) in [7, 11) is 0. The normalized spacial score (nSPS) is 12.7. The van der Waals surface area contributed by atoms with Crippen molar-refractivity contribution in [2.75, 3.05) is 5.32 Å². The molecule has 5 rings (SSSR count). The van der Waals surface area contributed by atoms with E-state index in [0.717, 1.165) is 15.6 Å². The zero-order valence-electron chi connectivity index (χ0n) is 18.1. The van der Waals surface area contributed by atoms with Gasteiger partial charge in [0.2, 0.25) is 0 Å². The molecule has 168 valence electrons. The largest absolute Gasteiger partial charge is 0.366 e. The summed E-state index contributed by atoms with van der Waals surface area (Å²) in [4.78, 5) is 41.2. The molecule has 0 fully saturated rings. The number of imide groups is 1. The van der Waals surface area contributed by atoms with Gasteiger partial charge in [0, 0.05) is 17.1 Å². The summed E-state index contributed by atoms with van der Waals surface area (Å²) >= 11 is 3.41. The van der Waals surface area contributed by atoms with Crippen molar-refractivity contribution in [1.82, 2.24) is 9.47 Å². The highest BCUT2D eigenvalue weighted by molar-refractivity contribution is 9.10. The van der Waals surface area contributed by atoms with Crippen LogP contribution in [0.4, 0.5) is 5.82 Å². The number of aromatic nitrogens is 1. The number of hydrogen-bond acceptors (Lipinski definition) is 4. The van der Waals surface area contributed by atoms with Crippen molar-refractivity contribution in [3.05, 3.63) is 128 Å². The molecule has 7 heteroatoms. The zero-order chi connectivity index (χ0) is 23.7. The Morgan fingerprint density at radius 1 is 0.735 bits per heavy atom. The molecule has 1 aliphatic heterocycles.